The van der Waals surface area contributed by atoms with Crippen LogP contribution in [-0.2, 0) is 11.3 Å². The summed E-state index contributed by atoms with van der Waals surface area (Å²) < 4.78 is 6.71. The lowest BCUT2D eigenvalue weighted by Gasteiger charge is -2.36. The smallest absolute Gasteiger partial charge is 0.0509 e. The fraction of sp³-hybridized carbons (Fsp3) is 0.600. The topological polar surface area (TPSA) is 38.5 Å². The van der Waals surface area contributed by atoms with E-state index in [-0.39, 0.29) is 0 Å². The molecule has 0 spiro atoms. The fourth-order valence-electron chi connectivity index (χ4n) is 2.80. The molecule has 1 saturated heterocycles. The second kappa shape index (κ2) is 7.39. The molecule has 1 heterocycles. The van der Waals surface area contributed by atoms with Crippen molar-refractivity contribution in [1.29, 1.82) is 0 Å². The van der Waals surface area contributed by atoms with Crippen molar-refractivity contribution >= 4 is 15.9 Å². The third-order valence-corrected chi connectivity index (χ3v) is 4.42. The Morgan fingerprint density at radius 3 is 2.74 bits per heavy atom. The molecule has 1 aliphatic rings. The standard InChI is InChI=1S/C15H23BrN2O/c1-18(10-12-4-6-14(16)7-5-12)15(9-17)13-3-2-8-19-11-13/h4-7,13,15H,2-3,8-11,17H2,1H3. The van der Waals surface area contributed by atoms with Gasteiger partial charge in [0.2, 0.25) is 0 Å². The van der Waals surface area contributed by atoms with E-state index in [2.05, 4.69) is 52.1 Å². The first kappa shape index (κ1) is 15.0. The van der Waals surface area contributed by atoms with Crippen molar-refractivity contribution < 1.29 is 4.74 Å². The van der Waals surface area contributed by atoms with Gasteiger partial charge in [0.25, 0.3) is 0 Å². The summed E-state index contributed by atoms with van der Waals surface area (Å²) in [5.41, 5.74) is 7.30. The Kier molecular flexibility index (Phi) is 5.82. The van der Waals surface area contributed by atoms with Crippen molar-refractivity contribution in [2.45, 2.75) is 25.4 Å². The molecule has 1 fully saturated rings. The molecule has 0 aliphatic carbocycles. The number of likely N-dealkylation sites (N-methyl/N-ethyl adjacent to an activating group) is 1. The average Bonchev–Trinajstić information content (AvgIpc) is 2.43. The van der Waals surface area contributed by atoms with Gasteiger partial charge in [-0.05, 0) is 43.5 Å². The highest BCUT2D eigenvalue weighted by atomic mass is 79.9. The fourth-order valence-corrected chi connectivity index (χ4v) is 3.06. The summed E-state index contributed by atoms with van der Waals surface area (Å²) in [7, 11) is 2.16. The van der Waals surface area contributed by atoms with Crippen LogP contribution in [0.4, 0.5) is 0 Å². The summed E-state index contributed by atoms with van der Waals surface area (Å²) in [6, 6.07) is 8.90. The predicted octanol–water partition coefficient (Wildman–Crippen LogP) is 2.63. The van der Waals surface area contributed by atoms with E-state index in [1.165, 1.54) is 12.0 Å². The molecule has 1 aromatic rings. The number of hydrogen-bond acceptors (Lipinski definition) is 3. The van der Waals surface area contributed by atoms with E-state index in [0.717, 1.165) is 30.7 Å². The number of rotatable bonds is 5. The van der Waals surface area contributed by atoms with Crippen LogP contribution in [-0.4, -0.2) is 37.7 Å². The van der Waals surface area contributed by atoms with E-state index in [9.17, 15) is 0 Å². The average molecular weight is 327 g/mol. The van der Waals surface area contributed by atoms with E-state index >= 15 is 0 Å². The molecule has 106 valence electrons. The summed E-state index contributed by atoms with van der Waals surface area (Å²) in [5.74, 6) is 0.569. The Labute approximate surface area is 124 Å². The van der Waals surface area contributed by atoms with Crippen LogP contribution < -0.4 is 5.73 Å². The van der Waals surface area contributed by atoms with Gasteiger partial charge >= 0.3 is 0 Å². The largest absolute Gasteiger partial charge is 0.381 e. The zero-order valence-electron chi connectivity index (χ0n) is 11.5. The van der Waals surface area contributed by atoms with Crippen LogP contribution in [0, 0.1) is 5.92 Å². The quantitative estimate of drug-likeness (QED) is 0.904. The van der Waals surface area contributed by atoms with Crippen molar-refractivity contribution in [2.75, 3.05) is 26.8 Å². The maximum Gasteiger partial charge on any atom is 0.0509 e. The van der Waals surface area contributed by atoms with Gasteiger partial charge in [0.05, 0.1) is 6.61 Å². The molecule has 3 nitrogen and oxygen atoms in total. The van der Waals surface area contributed by atoms with Crippen molar-refractivity contribution in [2.24, 2.45) is 11.7 Å². The van der Waals surface area contributed by atoms with Crippen LogP contribution in [0.3, 0.4) is 0 Å². The summed E-state index contributed by atoms with van der Waals surface area (Å²) in [5, 5.41) is 0. The van der Waals surface area contributed by atoms with Gasteiger partial charge < -0.3 is 10.5 Å². The van der Waals surface area contributed by atoms with Gasteiger partial charge in [-0.2, -0.15) is 0 Å². The lowest BCUT2D eigenvalue weighted by molar-refractivity contribution is 0.0156. The Morgan fingerprint density at radius 2 is 2.16 bits per heavy atom. The molecular formula is C15H23BrN2O. The number of halogens is 1. The van der Waals surface area contributed by atoms with Gasteiger partial charge in [-0.15, -0.1) is 0 Å². The second-order valence-corrected chi connectivity index (χ2v) is 6.24. The molecule has 1 aromatic carbocycles. The lowest BCUT2D eigenvalue weighted by Crippen LogP contribution is -2.45. The van der Waals surface area contributed by atoms with Gasteiger partial charge in [-0.25, -0.2) is 0 Å². The van der Waals surface area contributed by atoms with E-state index in [0.29, 0.717) is 18.5 Å². The summed E-state index contributed by atoms with van der Waals surface area (Å²) in [6.45, 7) is 3.39. The Bertz CT molecular complexity index is 376. The van der Waals surface area contributed by atoms with Crippen LogP contribution in [0.2, 0.25) is 0 Å². The molecule has 2 N–H and O–H groups in total. The molecule has 2 rings (SSSR count). The molecule has 0 bridgehead atoms. The molecule has 1 aliphatic heterocycles. The van der Waals surface area contributed by atoms with Crippen LogP contribution in [0.1, 0.15) is 18.4 Å². The number of hydrogen-bond donors (Lipinski definition) is 1. The first-order chi connectivity index (χ1) is 9.20. The minimum absolute atomic E-state index is 0.406. The number of benzene rings is 1. The van der Waals surface area contributed by atoms with Crippen LogP contribution in [0.25, 0.3) is 0 Å². The van der Waals surface area contributed by atoms with Gasteiger partial charge in [-0.1, -0.05) is 28.1 Å². The predicted molar refractivity (Wildman–Crippen MR) is 82.0 cm³/mol. The summed E-state index contributed by atoms with van der Waals surface area (Å²) >= 11 is 3.47. The van der Waals surface area contributed by atoms with Crippen molar-refractivity contribution in [1.82, 2.24) is 4.90 Å². The second-order valence-electron chi connectivity index (χ2n) is 5.32. The molecule has 0 amide bonds. The van der Waals surface area contributed by atoms with Crippen LogP contribution in [0.5, 0.6) is 0 Å². The van der Waals surface area contributed by atoms with E-state index in [1.807, 2.05) is 0 Å². The first-order valence-electron chi connectivity index (χ1n) is 6.93. The minimum Gasteiger partial charge on any atom is -0.381 e. The molecule has 4 heteroatoms. The summed E-state index contributed by atoms with van der Waals surface area (Å²) in [6.07, 6.45) is 2.39. The van der Waals surface area contributed by atoms with Gasteiger partial charge in [0.15, 0.2) is 0 Å². The highest BCUT2D eigenvalue weighted by Gasteiger charge is 2.26. The van der Waals surface area contributed by atoms with E-state index in [1.54, 1.807) is 0 Å². The van der Waals surface area contributed by atoms with Crippen molar-refractivity contribution in [3.63, 3.8) is 0 Å². The number of nitrogens with two attached hydrogens (primary N) is 1. The minimum atomic E-state index is 0.406. The normalized spacial score (nSPS) is 21.6. The lowest BCUT2D eigenvalue weighted by atomic mass is 9.92. The highest BCUT2D eigenvalue weighted by molar-refractivity contribution is 9.10. The summed E-state index contributed by atoms with van der Waals surface area (Å²) in [4.78, 5) is 2.36. The Morgan fingerprint density at radius 1 is 1.42 bits per heavy atom. The van der Waals surface area contributed by atoms with Gasteiger partial charge in [-0.3, -0.25) is 4.90 Å². The maximum absolute atomic E-state index is 5.98. The molecule has 0 radical (unpaired) electrons. The van der Waals surface area contributed by atoms with Crippen LogP contribution in [0.15, 0.2) is 28.7 Å². The van der Waals surface area contributed by atoms with Gasteiger partial charge in [0, 0.05) is 30.2 Å². The third kappa shape index (κ3) is 4.28. The number of ether oxygens (including phenoxy) is 1. The monoisotopic (exact) mass is 326 g/mol. The molecule has 0 saturated carbocycles. The molecular weight excluding hydrogens is 304 g/mol. The Balaban J connectivity index is 1.95. The number of nitrogens with zero attached hydrogens (tertiary/aromatic N) is 1. The maximum atomic E-state index is 5.98. The van der Waals surface area contributed by atoms with Crippen molar-refractivity contribution in [3.05, 3.63) is 34.3 Å². The molecule has 0 aromatic heterocycles. The molecule has 2 unspecified atom stereocenters. The zero-order chi connectivity index (χ0) is 13.7. The van der Waals surface area contributed by atoms with E-state index in [4.69, 9.17) is 10.5 Å². The highest BCUT2D eigenvalue weighted by Crippen LogP contribution is 2.22. The molecule has 2 atom stereocenters. The zero-order valence-corrected chi connectivity index (χ0v) is 13.1. The Hall–Kier alpha value is -0.420. The van der Waals surface area contributed by atoms with Gasteiger partial charge in [0.1, 0.15) is 0 Å². The first-order valence-corrected chi connectivity index (χ1v) is 7.72. The van der Waals surface area contributed by atoms with Crippen LogP contribution >= 0.6 is 15.9 Å². The van der Waals surface area contributed by atoms with E-state index < -0.39 is 0 Å². The molecule has 19 heavy (non-hydrogen) atoms. The SMILES string of the molecule is CN(Cc1ccc(Br)cc1)C(CN)C1CCCOC1. The van der Waals surface area contributed by atoms with Crippen molar-refractivity contribution in [3.8, 4) is 0 Å². The third-order valence-electron chi connectivity index (χ3n) is 3.89.